The van der Waals surface area contributed by atoms with Gasteiger partial charge in [-0.25, -0.2) is 8.42 Å². The van der Waals surface area contributed by atoms with Gasteiger partial charge in [-0.05, 0) is 42.5 Å². The van der Waals surface area contributed by atoms with Crippen molar-refractivity contribution in [2.45, 2.75) is 24.2 Å². The largest absolute Gasteiger partial charge is 0.326 e. The lowest BCUT2D eigenvalue weighted by molar-refractivity contribution is -0.385. The first kappa shape index (κ1) is 24.8. The van der Waals surface area contributed by atoms with Crippen LogP contribution in [0.25, 0.3) is 0 Å². The molecule has 0 aliphatic carbocycles. The first-order valence-electron chi connectivity index (χ1n) is 11.1. The van der Waals surface area contributed by atoms with Gasteiger partial charge in [-0.15, -0.1) is 0 Å². The molecule has 1 fully saturated rings. The Balaban J connectivity index is 1.42. The molecule has 1 aliphatic heterocycles. The number of nitrogens with zero attached hydrogens (tertiary/aromatic N) is 2. The van der Waals surface area contributed by atoms with Crippen LogP contribution in [0.4, 0.5) is 11.4 Å². The van der Waals surface area contributed by atoms with E-state index in [4.69, 9.17) is 11.6 Å². The Hall–Kier alpha value is -3.27. The molecule has 3 aromatic carbocycles. The summed E-state index contributed by atoms with van der Waals surface area (Å²) in [6.45, 7) is 0.232. The minimum atomic E-state index is -4.03. The zero-order chi connectivity index (χ0) is 25.0. The van der Waals surface area contributed by atoms with Crippen LogP contribution in [0.1, 0.15) is 24.0 Å². The molecule has 0 bridgehead atoms. The number of rotatable bonds is 7. The van der Waals surface area contributed by atoms with Crippen LogP contribution in [0.2, 0.25) is 5.02 Å². The zero-order valence-corrected chi connectivity index (χ0v) is 20.3. The summed E-state index contributed by atoms with van der Waals surface area (Å²) in [5.74, 6) is -0.511. The van der Waals surface area contributed by atoms with E-state index in [2.05, 4.69) is 5.32 Å². The fourth-order valence-corrected chi connectivity index (χ4v) is 6.11. The van der Waals surface area contributed by atoms with Crippen molar-refractivity contribution in [3.8, 4) is 0 Å². The Morgan fingerprint density at radius 2 is 1.69 bits per heavy atom. The number of hydrogen-bond donors (Lipinski definition) is 1. The highest BCUT2D eigenvalue weighted by Crippen LogP contribution is 2.31. The molecule has 10 heteroatoms. The normalized spacial score (nSPS) is 15.0. The second kappa shape index (κ2) is 10.6. The predicted molar refractivity (Wildman–Crippen MR) is 134 cm³/mol. The molecule has 1 N–H and O–H groups in total. The zero-order valence-electron chi connectivity index (χ0n) is 18.8. The first-order chi connectivity index (χ1) is 16.8. The number of anilines is 1. The first-order valence-corrected chi connectivity index (χ1v) is 12.9. The van der Waals surface area contributed by atoms with E-state index < -0.39 is 14.9 Å². The lowest BCUT2D eigenvalue weighted by Crippen LogP contribution is -2.41. The molecule has 1 heterocycles. The summed E-state index contributed by atoms with van der Waals surface area (Å²) >= 11 is 6.05. The third-order valence-electron chi connectivity index (χ3n) is 6.08. The number of nitrogens with one attached hydrogen (secondary N) is 1. The molecule has 0 unspecified atom stereocenters. The molecule has 0 aromatic heterocycles. The molecule has 0 saturated carbocycles. The highest BCUT2D eigenvalue weighted by molar-refractivity contribution is 7.89. The van der Waals surface area contributed by atoms with Crippen molar-refractivity contribution >= 4 is 38.9 Å². The van der Waals surface area contributed by atoms with Crippen molar-refractivity contribution in [3.05, 3.63) is 99.1 Å². The molecule has 0 atom stereocenters. The number of hydrogen-bond acceptors (Lipinski definition) is 5. The van der Waals surface area contributed by atoms with Gasteiger partial charge in [0.2, 0.25) is 15.9 Å². The van der Waals surface area contributed by atoms with Gasteiger partial charge in [0.25, 0.3) is 5.69 Å². The number of benzene rings is 3. The van der Waals surface area contributed by atoms with Crippen molar-refractivity contribution in [1.82, 2.24) is 4.31 Å². The van der Waals surface area contributed by atoms with Crippen molar-refractivity contribution in [2.75, 3.05) is 18.4 Å². The fraction of sp³-hybridized carbons (Fsp3) is 0.240. The summed E-state index contributed by atoms with van der Waals surface area (Å²) < 4.78 is 27.4. The van der Waals surface area contributed by atoms with Crippen LogP contribution in [0.15, 0.2) is 77.7 Å². The number of carbonyl (C=O) groups is 1. The standard InChI is InChI=1S/C25H24ClN3O5S/c26-22-11-10-21(29(31)32)17-24(22)35(33,34)28-14-12-19(13-15-28)25(30)27-23-9-5-4-8-20(23)16-18-6-2-1-3-7-18/h1-11,17,19H,12-16H2,(H,27,30). The van der Waals surface area contributed by atoms with Gasteiger partial charge in [0, 0.05) is 36.8 Å². The maximum absolute atomic E-state index is 13.1. The number of amides is 1. The number of sulfonamides is 1. The van der Waals surface area contributed by atoms with Gasteiger partial charge >= 0.3 is 0 Å². The van der Waals surface area contributed by atoms with Crippen LogP contribution in [-0.4, -0.2) is 36.6 Å². The molecule has 0 radical (unpaired) electrons. The van der Waals surface area contributed by atoms with Gasteiger partial charge in [0.1, 0.15) is 4.90 Å². The summed E-state index contributed by atoms with van der Waals surface area (Å²) in [7, 11) is -4.03. The molecule has 3 aromatic rings. The smallest absolute Gasteiger partial charge is 0.270 e. The van der Waals surface area contributed by atoms with E-state index in [1.807, 2.05) is 54.6 Å². The number of piperidine rings is 1. The molecule has 1 amide bonds. The number of carbonyl (C=O) groups excluding carboxylic acids is 1. The van der Waals surface area contributed by atoms with Gasteiger partial charge in [0.15, 0.2) is 0 Å². The van der Waals surface area contributed by atoms with E-state index in [9.17, 15) is 23.3 Å². The Morgan fingerprint density at radius 1 is 1.03 bits per heavy atom. The Morgan fingerprint density at radius 3 is 2.37 bits per heavy atom. The lowest BCUT2D eigenvalue weighted by atomic mass is 9.96. The third-order valence-corrected chi connectivity index (χ3v) is 8.46. The maximum Gasteiger partial charge on any atom is 0.270 e. The molecule has 1 aliphatic rings. The molecular formula is C25H24ClN3O5S. The number of para-hydroxylation sites is 1. The monoisotopic (exact) mass is 513 g/mol. The van der Waals surface area contributed by atoms with Crippen molar-refractivity contribution in [2.24, 2.45) is 5.92 Å². The quantitative estimate of drug-likeness (QED) is 0.357. The van der Waals surface area contributed by atoms with Crippen LogP contribution in [0, 0.1) is 16.0 Å². The average Bonchev–Trinajstić information content (AvgIpc) is 2.86. The summed E-state index contributed by atoms with van der Waals surface area (Å²) in [6.07, 6.45) is 1.34. The summed E-state index contributed by atoms with van der Waals surface area (Å²) in [5, 5.41) is 14.0. The molecule has 4 rings (SSSR count). The van der Waals surface area contributed by atoms with Crippen LogP contribution in [-0.2, 0) is 21.2 Å². The summed E-state index contributed by atoms with van der Waals surface area (Å²) in [6, 6.07) is 20.9. The van der Waals surface area contributed by atoms with E-state index in [-0.39, 0.29) is 40.5 Å². The average molecular weight is 514 g/mol. The lowest BCUT2D eigenvalue weighted by Gasteiger charge is -2.30. The van der Waals surface area contributed by atoms with Gasteiger partial charge in [-0.3, -0.25) is 14.9 Å². The van der Waals surface area contributed by atoms with E-state index >= 15 is 0 Å². The number of nitro benzene ring substituents is 1. The van der Waals surface area contributed by atoms with Gasteiger partial charge < -0.3 is 5.32 Å². The Bertz CT molecular complexity index is 1340. The summed E-state index contributed by atoms with van der Waals surface area (Å²) in [4.78, 5) is 23.1. The van der Waals surface area contributed by atoms with Crippen molar-refractivity contribution in [3.63, 3.8) is 0 Å². The van der Waals surface area contributed by atoms with Gasteiger partial charge in [-0.2, -0.15) is 4.31 Å². The number of non-ortho nitro benzene ring substituents is 1. The number of nitro groups is 1. The van der Waals surface area contributed by atoms with Crippen molar-refractivity contribution < 1.29 is 18.1 Å². The van der Waals surface area contributed by atoms with E-state index in [1.54, 1.807) is 0 Å². The Kier molecular flexibility index (Phi) is 7.49. The molecule has 8 nitrogen and oxygen atoms in total. The van der Waals surface area contributed by atoms with Crippen molar-refractivity contribution in [1.29, 1.82) is 0 Å². The Labute approximate surface area is 208 Å². The van der Waals surface area contributed by atoms with Crippen LogP contribution in [0.5, 0.6) is 0 Å². The van der Waals surface area contributed by atoms with Crippen LogP contribution >= 0.6 is 11.6 Å². The van der Waals surface area contributed by atoms with Gasteiger partial charge in [0.05, 0.1) is 9.95 Å². The predicted octanol–water partition coefficient (Wildman–Crippen LogP) is 4.88. The fourth-order valence-electron chi connectivity index (χ4n) is 4.15. The molecule has 35 heavy (non-hydrogen) atoms. The van der Waals surface area contributed by atoms with Crippen LogP contribution in [0.3, 0.4) is 0 Å². The number of halogens is 1. The van der Waals surface area contributed by atoms with Crippen LogP contribution < -0.4 is 5.32 Å². The third kappa shape index (κ3) is 5.70. The molecule has 1 saturated heterocycles. The highest BCUT2D eigenvalue weighted by atomic mass is 35.5. The topological polar surface area (TPSA) is 110 Å². The van der Waals surface area contributed by atoms with E-state index in [0.29, 0.717) is 19.3 Å². The SMILES string of the molecule is O=C(Nc1ccccc1Cc1ccccc1)C1CCN(S(=O)(=O)c2cc([N+](=O)[O-])ccc2Cl)CC1. The molecule has 182 valence electrons. The minimum Gasteiger partial charge on any atom is -0.326 e. The minimum absolute atomic E-state index is 0.0783. The maximum atomic E-state index is 13.1. The van der Waals surface area contributed by atoms with E-state index in [1.165, 1.54) is 10.4 Å². The highest BCUT2D eigenvalue weighted by Gasteiger charge is 2.34. The second-order valence-corrected chi connectivity index (χ2v) is 10.7. The molecule has 0 spiro atoms. The summed E-state index contributed by atoms with van der Waals surface area (Å²) in [5.41, 5.74) is 2.51. The van der Waals surface area contributed by atoms with Gasteiger partial charge in [-0.1, -0.05) is 60.1 Å². The van der Waals surface area contributed by atoms with E-state index in [0.717, 1.165) is 28.9 Å². The second-order valence-electron chi connectivity index (χ2n) is 8.36. The molecular weight excluding hydrogens is 490 g/mol.